The molecule has 3 heterocycles. The van der Waals surface area contributed by atoms with Gasteiger partial charge in [-0.3, -0.25) is 15.0 Å². The SMILES string of the molecule is O=[N+]([O-])c1ccc(N[C@@H]2CCN(C[C@@H]3CCCCO3)C2)nc1. The molecule has 2 aliphatic heterocycles. The molecule has 0 saturated carbocycles. The predicted octanol–water partition coefficient (Wildman–Crippen LogP) is 2.05. The van der Waals surface area contributed by atoms with Gasteiger partial charge in [-0.05, 0) is 31.7 Å². The quantitative estimate of drug-likeness (QED) is 0.662. The van der Waals surface area contributed by atoms with Crippen molar-refractivity contribution in [3.63, 3.8) is 0 Å². The van der Waals surface area contributed by atoms with Gasteiger partial charge < -0.3 is 10.1 Å². The molecule has 7 nitrogen and oxygen atoms in total. The van der Waals surface area contributed by atoms with Gasteiger partial charge in [0.1, 0.15) is 12.0 Å². The smallest absolute Gasteiger partial charge is 0.287 e. The molecule has 7 heteroatoms. The molecule has 0 spiro atoms. The summed E-state index contributed by atoms with van der Waals surface area (Å²) in [7, 11) is 0. The molecule has 0 aromatic carbocycles. The fraction of sp³-hybridized carbons (Fsp3) is 0.667. The zero-order valence-electron chi connectivity index (χ0n) is 12.6. The van der Waals surface area contributed by atoms with Gasteiger partial charge in [0.2, 0.25) is 0 Å². The Morgan fingerprint density at radius 1 is 1.41 bits per heavy atom. The number of likely N-dealkylation sites (tertiary alicyclic amines) is 1. The van der Waals surface area contributed by atoms with Crippen LogP contribution in [0.5, 0.6) is 0 Å². The normalized spacial score (nSPS) is 26.0. The molecule has 0 amide bonds. The van der Waals surface area contributed by atoms with E-state index in [-0.39, 0.29) is 5.69 Å². The Morgan fingerprint density at radius 2 is 2.32 bits per heavy atom. The first kappa shape index (κ1) is 15.2. The monoisotopic (exact) mass is 306 g/mol. The van der Waals surface area contributed by atoms with Crippen molar-refractivity contribution in [2.24, 2.45) is 0 Å². The predicted molar refractivity (Wildman–Crippen MR) is 83.0 cm³/mol. The number of nitrogens with zero attached hydrogens (tertiary/aromatic N) is 3. The zero-order valence-corrected chi connectivity index (χ0v) is 12.6. The van der Waals surface area contributed by atoms with Gasteiger partial charge in [-0.2, -0.15) is 0 Å². The summed E-state index contributed by atoms with van der Waals surface area (Å²) in [6.07, 6.45) is 6.36. The molecule has 2 fully saturated rings. The number of hydrogen-bond acceptors (Lipinski definition) is 6. The molecule has 0 bridgehead atoms. The summed E-state index contributed by atoms with van der Waals surface area (Å²) >= 11 is 0. The Labute approximate surface area is 129 Å². The van der Waals surface area contributed by atoms with Gasteiger partial charge in [-0.15, -0.1) is 0 Å². The minimum Gasteiger partial charge on any atom is -0.377 e. The lowest BCUT2D eigenvalue weighted by Gasteiger charge is -2.27. The van der Waals surface area contributed by atoms with Crippen molar-refractivity contribution in [1.82, 2.24) is 9.88 Å². The maximum atomic E-state index is 10.6. The van der Waals surface area contributed by atoms with Crippen molar-refractivity contribution in [3.05, 3.63) is 28.4 Å². The van der Waals surface area contributed by atoms with E-state index in [4.69, 9.17) is 4.74 Å². The van der Waals surface area contributed by atoms with E-state index in [9.17, 15) is 10.1 Å². The third kappa shape index (κ3) is 3.92. The number of aromatic nitrogens is 1. The molecule has 2 aliphatic rings. The number of anilines is 1. The molecular weight excluding hydrogens is 284 g/mol. The van der Waals surface area contributed by atoms with Gasteiger partial charge in [0.05, 0.1) is 11.0 Å². The van der Waals surface area contributed by atoms with Crippen molar-refractivity contribution >= 4 is 11.5 Å². The van der Waals surface area contributed by atoms with Gasteiger partial charge in [-0.1, -0.05) is 0 Å². The average Bonchev–Trinajstić information content (AvgIpc) is 2.96. The summed E-state index contributed by atoms with van der Waals surface area (Å²) in [6.45, 7) is 3.93. The molecule has 0 aliphatic carbocycles. The molecule has 0 radical (unpaired) electrons. The first-order valence-electron chi connectivity index (χ1n) is 7.91. The number of hydrogen-bond donors (Lipinski definition) is 1. The Morgan fingerprint density at radius 3 is 3.00 bits per heavy atom. The van der Waals surface area contributed by atoms with E-state index in [0.717, 1.165) is 32.7 Å². The van der Waals surface area contributed by atoms with Crippen LogP contribution in [0.25, 0.3) is 0 Å². The van der Waals surface area contributed by atoms with Crippen molar-refractivity contribution in [2.45, 2.75) is 37.8 Å². The molecular formula is C15H22N4O3. The standard InChI is InChI=1S/C15H22N4O3/c20-19(21)13-4-5-15(16-9-13)17-12-6-7-18(10-12)11-14-3-1-2-8-22-14/h4-5,9,12,14H,1-3,6-8,10-11H2,(H,16,17)/t12-,14+/m1/s1. The van der Waals surface area contributed by atoms with Crippen LogP contribution in [0.1, 0.15) is 25.7 Å². The van der Waals surface area contributed by atoms with Crippen LogP contribution in [0.4, 0.5) is 11.5 Å². The lowest BCUT2D eigenvalue weighted by atomic mass is 10.1. The summed E-state index contributed by atoms with van der Waals surface area (Å²) in [6, 6.07) is 3.50. The van der Waals surface area contributed by atoms with E-state index < -0.39 is 4.92 Å². The van der Waals surface area contributed by atoms with Gasteiger partial charge in [0.25, 0.3) is 5.69 Å². The number of nitro groups is 1. The topological polar surface area (TPSA) is 80.5 Å². The highest BCUT2D eigenvalue weighted by Crippen LogP contribution is 2.19. The van der Waals surface area contributed by atoms with Gasteiger partial charge in [0, 0.05) is 38.3 Å². The largest absolute Gasteiger partial charge is 0.377 e. The molecule has 120 valence electrons. The molecule has 1 aromatic rings. The maximum Gasteiger partial charge on any atom is 0.287 e. The van der Waals surface area contributed by atoms with Crippen LogP contribution in [-0.2, 0) is 4.74 Å². The number of nitrogens with one attached hydrogen (secondary N) is 1. The van der Waals surface area contributed by atoms with Crippen LogP contribution in [0.15, 0.2) is 18.3 Å². The van der Waals surface area contributed by atoms with E-state index in [2.05, 4.69) is 15.2 Å². The molecule has 3 rings (SSSR count). The fourth-order valence-electron chi connectivity index (χ4n) is 3.14. The minimum atomic E-state index is -0.432. The number of pyridine rings is 1. The highest BCUT2D eigenvalue weighted by Gasteiger charge is 2.26. The molecule has 1 N–H and O–H groups in total. The minimum absolute atomic E-state index is 0.0213. The van der Waals surface area contributed by atoms with Crippen LogP contribution in [-0.4, -0.2) is 53.2 Å². The molecule has 2 saturated heterocycles. The van der Waals surface area contributed by atoms with E-state index in [0.29, 0.717) is 18.0 Å². The Bertz CT molecular complexity index is 502. The molecule has 2 atom stereocenters. The number of rotatable bonds is 5. The maximum absolute atomic E-state index is 10.6. The first-order valence-corrected chi connectivity index (χ1v) is 7.91. The van der Waals surface area contributed by atoms with Gasteiger partial charge in [0.15, 0.2) is 0 Å². The average molecular weight is 306 g/mol. The summed E-state index contributed by atoms with van der Waals surface area (Å²) in [5, 5.41) is 14.0. The second-order valence-electron chi connectivity index (χ2n) is 6.04. The van der Waals surface area contributed by atoms with Crippen LogP contribution >= 0.6 is 0 Å². The first-order chi connectivity index (χ1) is 10.7. The summed E-state index contributed by atoms with van der Waals surface area (Å²) < 4.78 is 5.79. The van der Waals surface area contributed by atoms with Crippen molar-refractivity contribution in [3.8, 4) is 0 Å². The van der Waals surface area contributed by atoms with E-state index in [1.54, 1.807) is 6.07 Å². The van der Waals surface area contributed by atoms with Crippen LogP contribution in [0.2, 0.25) is 0 Å². The Kier molecular flexibility index (Phi) is 4.84. The Balaban J connectivity index is 1.47. The highest BCUT2D eigenvalue weighted by molar-refractivity contribution is 5.41. The van der Waals surface area contributed by atoms with Gasteiger partial charge in [-0.25, -0.2) is 4.98 Å². The summed E-state index contributed by atoms with van der Waals surface area (Å²) in [4.78, 5) is 16.7. The lowest BCUT2D eigenvalue weighted by molar-refractivity contribution is -0.385. The summed E-state index contributed by atoms with van der Waals surface area (Å²) in [5.74, 6) is 0.700. The zero-order chi connectivity index (χ0) is 15.4. The second kappa shape index (κ2) is 7.02. The second-order valence-corrected chi connectivity index (χ2v) is 6.04. The third-order valence-electron chi connectivity index (χ3n) is 4.32. The molecule has 0 unspecified atom stereocenters. The highest BCUT2D eigenvalue weighted by atomic mass is 16.6. The van der Waals surface area contributed by atoms with Crippen LogP contribution in [0, 0.1) is 10.1 Å². The third-order valence-corrected chi connectivity index (χ3v) is 4.32. The number of ether oxygens (including phenoxy) is 1. The van der Waals surface area contributed by atoms with Crippen molar-refractivity contribution in [1.29, 1.82) is 0 Å². The van der Waals surface area contributed by atoms with Gasteiger partial charge >= 0.3 is 0 Å². The fourth-order valence-corrected chi connectivity index (χ4v) is 3.14. The molecule has 1 aromatic heterocycles. The van der Waals surface area contributed by atoms with Crippen LogP contribution in [0.3, 0.4) is 0 Å². The van der Waals surface area contributed by atoms with E-state index in [1.165, 1.54) is 31.5 Å². The Hall–Kier alpha value is -1.73. The van der Waals surface area contributed by atoms with E-state index in [1.807, 2.05) is 0 Å². The van der Waals surface area contributed by atoms with Crippen molar-refractivity contribution < 1.29 is 9.66 Å². The van der Waals surface area contributed by atoms with E-state index >= 15 is 0 Å². The molecule has 22 heavy (non-hydrogen) atoms. The lowest BCUT2D eigenvalue weighted by Crippen LogP contribution is -2.35. The summed E-state index contributed by atoms with van der Waals surface area (Å²) in [5.41, 5.74) is 0.0213. The van der Waals surface area contributed by atoms with Crippen molar-refractivity contribution in [2.75, 3.05) is 31.6 Å². The van der Waals surface area contributed by atoms with Crippen LogP contribution < -0.4 is 5.32 Å².